The van der Waals surface area contributed by atoms with E-state index < -0.39 is 5.41 Å². The third kappa shape index (κ3) is 5.18. The van der Waals surface area contributed by atoms with E-state index in [9.17, 15) is 0 Å². The summed E-state index contributed by atoms with van der Waals surface area (Å²) in [7, 11) is 0. The first kappa shape index (κ1) is 34.1. The molecule has 2 aliphatic rings. The van der Waals surface area contributed by atoms with Gasteiger partial charge in [-0.15, -0.1) is 0 Å². The summed E-state index contributed by atoms with van der Waals surface area (Å²) < 4.78 is 0. The van der Waals surface area contributed by atoms with Gasteiger partial charge in [0, 0.05) is 22.1 Å². The van der Waals surface area contributed by atoms with Crippen molar-refractivity contribution in [1.82, 2.24) is 9.97 Å². The van der Waals surface area contributed by atoms with E-state index in [4.69, 9.17) is 9.97 Å². The van der Waals surface area contributed by atoms with Gasteiger partial charge in [-0.05, 0) is 85.0 Å². The molecule has 0 fully saturated rings. The Bertz CT molecular complexity index is 2910. The fourth-order valence-corrected chi connectivity index (χ4v) is 9.82. The SMILES string of the molecule is CC1(C)c2ccccc2C2(c3ccccc3-c3ccc(-c4ccc(-c5cccc(-c6cc(-c7ccccc7)nc(-c7ccccc7)n6)c5)cc4)cc32)c2ccccc21. The maximum Gasteiger partial charge on any atom is 0.160 e. The lowest BCUT2D eigenvalue weighted by Crippen LogP contribution is -2.40. The Labute approximate surface area is 340 Å². The van der Waals surface area contributed by atoms with Gasteiger partial charge in [-0.25, -0.2) is 9.97 Å². The summed E-state index contributed by atoms with van der Waals surface area (Å²) in [6.45, 7) is 4.76. The Morgan fingerprint density at radius 3 is 1.38 bits per heavy atom. The van der Waals surface area contributed by atoms with Crippen LogP contribution in [0.2, 0.25) is 0 Å². The van der Waals surface area contributed by atoms with Gasteiger partial charge >= 0.3 is 0 Å². The topological polar surface area (TPSA) is 25.8 Å². The van der Waals surface area contributed by atoms with E-state index in [1.165, 1.54) is 55.6 Å². The molecule has 8 aromatic carbocycles. The molecule has 9 aromatic rings. The maximum absolute atomic E-state index is 5.09. The van der Waals surface area contributed by atoms with Crippen LogP contribution < -0.4 is 0 Å². The van der Waals surface area contributed by atoms with Crippen LogP contribution in [-0.2, 0) is 10.8 Å². The lowest BCUT2D eigenvalue weighted by Gasteiger charge is -2.46. The lowest BCUT2D eigenvalue weighted by molar-refractivity contribution is 0.563. The average molecular weight is 741 g/mol. The monoisotopic (exact) mass is 740 g/mol. The van der Waals surface area contributed by atoms with Crippen molar-refractivity contribution in [3.05, 3.63) is 240 Å². The van der Waals surface area contributed by atoms with Gasteiger partial charge in [0.25, 0.3) is 0 Å². The summed E-state index contributed by atoms with van der Waals surface area (Å²) in [5.74, 6) is 0.717. The Balaban J connectivity index is 0.998. The van der Waals surface area contributed by atoms with E-state index in [0.717, 1.165) is 45.0 Å². The average Bonchev–Trinajstić information content (AvgIpc) is 3.59. The third-order valence-electron chi connectivity index (χ3n) is 12.6. The molecule has 1 aromatic heterocycles. The van der Waals surface area contributed by atoms with Gasteiger partial charge in [-0.1, -0.05) is 202 Å². The standard InChI is InChI=1S/C56H40N2/c1-55(2)47-24-11-13-26-49(47)56(50-27-14-12-25-48(50)55)46-23-10-9-22-44(46)45-33-32-42(35-51(45)56)38-30-28-37(29-31-38)41-20-15-21-43(34-41)53-36-52(39-16-5-3-6-17-39)57-54(58-53)40-18-7-4-8-19-40/h3-36H,1-2H3. The molecule has 58 heavy (non-hydrogen) atoms. The zero-order chi connectivity index (χ0) is 38.8. The molecule has 0 amide bonds. The molecule has 0 radical (unpaired) electrons. The molecule has 274 valence electrons. The highest BCUT2D eigenvalue weighted by Gasteiger charge is 2.53. The van der Waals surface area contributed by atoms with Crippen molar-refractivity contribution in [1.29, 1.82) is 0 Å². The summed E-state index contributed by atoms with van der Waals surface area (Å²) in [6.07, 6.45) is 0. The Kier molecular flexibility index (Phi) is 7.78. The molecule has 0 aliphatic heterocycles. The van der Waals surface area contributed by atoms with Crippen molar-refractivity contribution in [2.45, 2.75) is 24.7 Å². The van der Waals surface area contributed by atoms with Crippen LogP contribution in [0.5, 0.6) is 0 Å². The van der Waals surface area contributed by atoms with Crippen LogP contribution in [0.1, 0.15) is 47.2 Å². The second kappa shape index (κ2) is 13.2. The molecular weight excluding hydrogens is 701 g/mol. The van der Waals surface area contributed by atoms with E-state index in [1.54, 1.807) is 0 Å². The first-order chi connectivity index (χ1) is 28.5. The molecule has 0 N–H and O–H groups in total. The van der Waals surface area contributed by atoms with E-state index in [2.05, 4.69) is 196 Å². The molecule has 1 heterocycles. The van der Waals surface area contributed by atoms with Crippen molar-refractivity contribution in [2.24, 2.45) is 0 Å². The van der Waals surface area contributed by atoms with E-state index in [1.807, 2.05) is 24.3 Å². The van der Waals surface area contributed by atoms with E-state index in [-0.39, 0.29) is 5.41 Å². The minimum atomic E-state index is -0.410. The summed E-state index contributed by atoms with van der Waals surface area (Å²) >= 11 is 0. The van der Waals surface area contributed by atoms with Crippen LogP contribution in [0.3, 0.4) is 0 Å². The minimum Gasteiger partial charge on any atom is -0.228 e. The van der Waals surface area contributed by atoms with E-state index >= 15 is 0 Å². The second-order valence-corrected chi connectivity index (χ2v) is 16.1. The number of fused-ring (bicyclic) bond motifs is 9. The Morgan fingerprint density at radius 1 is 0.293 bits per heavy atom. The van der Waals surface area contributed by atoms with Crippen molar-refractivity contribution < 1.29 is 0 Å². The normalized spacial score (nSPS) is 14.0. The summed E-state index contributed by atoms with van der Waals surface area (Å²) in [5.41, 5.74) is 20.0. The number of hydrogen-bond acceptors (Lipinski definition) is 2. The number of aromatic nitrogens is 2. The number of rotatable bonds is 5. The van der Waals surface area contributed by atoms with Gasteiger partial charge in [-0.3, -0.25) is 0 Å². The van der Waals surface area contributed by atoms with Crippen LogP contribution in [0, 0.1) is 0 Å². The molecule has 0 saturated heterocycles. The Hall–Kier alpha value is -7.16. The highest BCUT2D eigenvalue weighted by atomic mass is 14.9. The molecule has 0 atom stereocenters. The van der Waals surface area contributed by atoms with Crippen LogP contribution in [0.25, 0.3) is 67.3 Å². The van der Waals surface area contributed by atoms with Crippen molar-refractivity contribution in [3.8, 4) is 67.3 Å². The molecular formula is C56H40N2. The van der Waals surface area contributed by atoms with Gasteiger partial charge < -0.3 is 0 Å². The molecule has 1 spiro atoms. The van der Waals surface area contributed by atoms with Gasteiger partial charge in [0.05, 0.1) is 16.8 Å². The summed E-state index contributed by atoms with van der Waals surface area (Å²) in [4.78, 5) is 10.1. The molecule has 0 bridgehead atoms. The van der Waals surface area contributed by atoms with Crippen molar-refractivity contribution in [3.63, 3.8) is 0 Å². The molecule has 2 aliphatic carbocycles. The third-order valence-corrected chi connectivity index (χ3v) is 12.6. The summed E-state index contributed by atoms with van der Waals surface area (Å²) in [6, 6.07) is 74.9. The minimum absolute atomic E-state index is 0.122. The predicted molar refractivity (Wildman–Crippen MR) is 239 cm³/mol. The van der Waals surface area contributed by atoms with Gasteiger partial charge in [0.1, 0.15) is 0 Å². The Morgan fingerprint density at radius 2 is 0.741 bits per heavy atom. The van der Waals surface area contributed by atoms with Gasteiger partial charge in [0.2, 0.25) is 0 Å². The lowest BCUT2D eigenvalue weighted by atomic mass is 9.55. The zero-order valence-corrected chi connectivity index (χ0v) is 32.5. The maximum atomic E-state index is 5.09. The number of hydrogen-bond donors (Lipinski definition) is 0. The largest absolute Gasteiger partial charge is 0.228 e. The molecule has 11 rings (SSSR count). The van der Waals surface area contributed by atoms with Crippen LogP contribution >= 0.6 is 0 Å². The van der Waals surface area contributed by atoms with Crippen molar-refractivity contribution in [2.75, 3.05) is 0 Å². The molecule has 2 nitrogen and oxygen atoms in total. The van der Waals surface area contributed by atoms with Crippen molar-refractivity contribution >= 4 is 0 Å². The van der Waals surface area contributed by atoms with Crippen LogP contribution in [0.4, 0.5) is 0 Å². The highest BCUT2D eigenvalue weighted by Crippen LogP contribution is 2.62. The van der Waals surface area contributed by atoms with Crippen LogP contribution in [-0.4, -0.2) is 9.97 Å². The highest BCUT2D eigenvalue weighted by molar-refractivity contribution is 5.90. The zero-order valence-electron chi connectivity index (χ0n) is 32.5. The molecule has 2 heteroatoms. The fraction of sp³-hybridized carbons (Fsp3) is 0.0714. The fourth-order valence-electron chi connectivity index (χ4n) is 9.82. The quantitative estimate of drug-likeness (QED) is 0.176. The first-order valence-electron chi connectivity index (χ1n) is 20.2. The second-order valence-electron chi connectivity index (χ2n) is 16.1. The number of benzene rings is 8. The summed E-state index contributed by atoms with van der Waals surface area (Å²) in [5, 5.41) is 0. The number of nitrogens with zero attached hydrogens (tertiary/aromatic N) is 2. The van der Waals surface area contributed by atoms with Gasteiger partial charge in [0.15, 0.2) is 5.82 Å². The van der Waals surface area contributed by atoms with E-state index in [0.29, 0.717) is 0 Å². The molecule has 0 saturated carbocycles. The smallest absolute Gasteiger partial charge is 0.160 e. The van der Waals surface area contributed by atoms with Gasteiger partial charge in [-0.2, -0.15) is 0 Å². The molecule has 0 unspecified atom stereocenters. The predicted octanol–water partition coefficient (Wildman–Crippen LogP) is 13.8. The van der Waals surface area contributed by atoms with Crippen LogP contribution in [0.15, 0.2) is 206 Å². The first-order valence-corrected chi connectivity index (χ1v) is 20.2.